The van der Waals surface area contributed by atoms with E-state index in [1.807, 2.05) is 13.1 Å². The van der Waals surface area contributed by atoms with Crippen LogP contribution in [0.3, 0.4) is 0 Å². The van der Waals surface area contributed by atoms with Gasteiger partial charge in [-0.05, 0) is 56.8 Å². The highest BCUT2D eigenvalue weighted by atomic mass is 16.5. The molecule has 2 rings (SSSR count). The fourth-order valence-electron chi connectivity index (χ4n) is 2.70. The molecule has 1 atom stereocenters. The second kappa shape index (κ2) is 7.34. The number of hydrogen-bond donors (Lipinski definition) is 1. The Hall–Kier alpha value is -1.28. The molecule has 1 unspecified atom stereocenters. The summed E-state index contributed by atoms with van der Waals surface area (Å²) in [6.45, 7) is 2.92. The number of benzene rings is 1. The molecule has 1 aliphatic rings. The van der Waals surface area contributed by atoms with Gasteiger partial charge in [-0.2, -0.15) is 0 Å². The number of nitrogens with one attached hydrogen (secondary N) is 1. The SMILES string of the molecule is CCCOc1cccc(C(NC)C2=CCCCC2)c1. The molecule has 1 aromatic carbocycles. The van der Waals surface area contributed by atoms with E-state index in [-0.39, 0.29) is 0 Å². The van der Waals surface area contributed by atoms with E-state index in [1.165, 1.54) is 36.8 Å². The molecule has 0 spiro atoms. The summed E-state index contributed by atoms with van der Waals surface area (Å²) >= 11 is 0. The van der Waals surface area contributed by atoms with Crippen LogP contribution in [-0.4, -0.2) is 13.7 Å². The summed E-state index contributed by atoms with van der Waals surface area (Å²) in [5.74, 6) is 0.982. The third-order valence-electron chi connectivity index (χ3n) is 3.65. The van der Waals surface area contributed by atoms with Gasteiger partial charge >= 0.3 is 0 Å². The van der Waals surface area contributed by atoms with Crippen LogP contribution in [0.4, 0.5) is 0 Å². The van der Waals surface area contributed by atoms with Gasteiger partial charge < -0.3 is 10.1 Å². The van der Waals surface area contributed by atoms with Gasteiger partial charge in [0.1, 0.15) is 5.75 Å². The third-order valence-corrected chi connectivity index (χ3v) is 3.65. The van der Waals surface area contributed by atoms with E-state index in [0.717, 1.165) is 18.8 Å². The van der Waals surface area contributed by atoms with Crippen LogP contribution in [0.2, 0.25) is 0 Å². The van der Waals surface area contributed by atoms with E-state index in [2.05, 4.69) is 36.5 Å². The molecule has 0 saturated heterocycles. The Labute approximate surface area is 116 Å². The van der Waals surface area contributed by atoms with Crippen LogP contribution < -0.4 is 10.1 Å². The zero-order valence-corrected chi connectivity index (χ0v) is 12.1. The summed E-state index contributed by atoms with van der Waals surface area (Å²) in [4.78, 5) is 0. The van der Waals surface area contributed by atoms with E-state index in [1.54, 1.807) is 0 Å². The van der Waals surface area contributed by atoms with Gasteiger partial charge in [0.2, 0.25) is 0 Å². The normalized spacial score (nSPS) is 16.8. The van der Waals surface area contributed by atoms with Crippen molar-refractivity contribution in [2.75, 3.05) is 13.7 Å². The summed E-state index contributed by atoms with van der Waals surface area (Å²) in [5, 5.41) is 3.45. The summed E-state index contributed by atoms with van der Waals surface area (Å²) in [5.41, 5.74) is 2.84. The van der Waals surface area contributed by atoms with E-state index in [0.29, 0.717) is 6.04 Å². The minimum atomic E-state index is 0.338. The van der Waals surface area contributed by atoms with Gasteiger partial charge in [-0.15, -0.1) is 0 Å². The van der Waals surface area contributed by atoms with Crippen molar-refractivity contribution in [1.29, 1.82) is 0 Å². The first kappa shape index (κ1) is 14.1. The lowest BCUT2D eigenvalue weighted by Gasteiger charge is -2.23. The molecule has 0 bridgehead atoms. The number of ether oxygens (including phenoxy) is 1. The fourth-order valence-corrected chi connectivity index (χ4v) is 2.70. The van der Waals surface area contributed by atoms with Crippen LogP contribution in [0.15, 0.2) is 35.9 Å². The van der Waals surface area contributed by atoms with Gasteiger partial charge in [0.05, 0.1) is 12.6 Å². The van der Waals surface area contributed by atoms with Crippen LogP contribution in [0.5, 0.6) is 5.75 Å². The van der Waals surface area contributed by atoms with E-state index < -0.39 is 0 Å². The molecular weight excluding hydrogens is 234 g/mol. The van der Waals surface area contributed by atoms with Crippen molar-refractivity contribution in [3.63, 3.8) is 0 Å². The van der Waals surface area contributed by atoms with Crippen LogP contribution in [0.25, 0.3) is 0 Å². The van der Waals surface area contributed by atoms with Crippen molar-refractivity contribution < 1.29 is 4.74 Å². The van der Waals surface area contributed by atoms with Gasteiger partial charge in [-0.3, -0.25) is 0 Å². The first-order chi connectivity index (χ1) is 9.35. The Morgan fingerprint density at radius 2 is 2.21 bits per heavy atom. The van der Waals surface area contributed by atoms with Gasteiger partial charge in [-0.1, -0.05) is 30.7 Å². The number of likely N-dealkylation sites (N-methyl/N-ethyl adjacent to an activating group) is 1. The lowest BCUT2D eigenvalue weighted by molar-refractivity contribution is 0.317. The quantitative estimate of drug-likeness (QED) is 0.772. The van der Waals surface area contributed by atoms with Crippen LogP contribution in [-0.2, 0) is 0 Å². The van der Waals surface area contributed by atoms with Gasteiger partial charge in [-0.25, -0.2) is 0 Å². The molecule has 1 aliphatic carbocycles. The second-order valence-electron chi connectivity index (χ2n) is 5.17. The largest absolute Gasteiger partial charge is 0.494 e. The van der Waals surface area contributed by atoms with Gasteiger partial charge in [0, 0.05) is 0 Å². The smallest absolute Gasteiger partial charge is 0.119 e. The Morgan fingerprint density at radius 3 is 2.89 bits per heavy atom. The second-order valence-corrected chi connectivity index (χ2v) is 5.17. The standard InChI is InChI=1S/C17H25NO/c1-3-12-19-16-11-7-10-15(13-16)17(18-2)14-8-5-4-6-9-14/h7-8,10-11,13,17-18H,3-6,9,12H2,1-2H3. The van der Waals surface area contributed by atoms with Crippen LogP contribution >= 0.6 is 0 Å². The van der Waals surface area contributed by atoms with E-state index >= 15 is 0 Å². The van der Waals surface area contributed by atoms with Gasteiger partial charge in [0.25, 0.3) is 0 Å². The van der Waals surface area contributed by atoms with Crippen LogP contribution in [0, 0.1) is 0 Å². The van der Waals surface area contributed by atoms with Crippen molar-refractivity contribution >= 4 is 0 Å². The predicted octanol–water partition coefficient (Wildman–Crippen LogP) is 4.24. The molecule has 0 saturated carbocycles. The summed E-state index contributed by atoms with van der Waals surface area (Å²) < 4.78 is 5.73. The van der Waals surface area contributed by atoms with Crippen molar-refractivity contribution in [3.05, 3.63) is 41.5 Å². The molecule has 0 radical (unpaired) electrons. The average Bonchev–Trinajstić information content (AvgIpc) is 2.47. The summed E-state index contributed by atoms with van der Waals surface area (Å²) in [7, 11) is 2.04. The average molecular weight is 259 g/mol. The number of hydrogen-bond acceptors (Lipinski definition) is 2. The molecule has 104 valence electrons. The Kier molecular flexibility index (Phi) is 5.46. The maximum absolute atomic E-state index is 5.73. The first-order valence-electron chi connectivity index (χ1n) is 7.44. The topological polar surface area (TPSA) is 21.3 Å². The zero-order chi connectivity index (χ0) is 13.5. The van der Waals surface area contributed by atoms with Crippen molar-refractivity contribution in [3.8, 4) is 5.75 Å². The molecule has 0 aliphatic heterocycles. The Balaban J connectivity index is 2.15. The molecule has 0 fully saturated rings. The van der Waals surface area contributed by atoms with Crippen molar-refractivity contribution in [2.45, 2.75) is 45.1 Å². The van der Waals surface area contributed by atoms with Crippen LogP contribution in [0.1, 0.15) is 50.6 Å². The molecular formula is C17H25NO. The molecule has 0 amide bonds. The molecule has 19 heavy (non-hydrogen) atoms. The number of rotatable bonds is 6. The Bertz CT molecular complexity index is 425. The highest BCUT2D eigenvalue weighted by molar-refractivity contribution is 5.35. The fraction of sp³-hybridized carbons (Fsp3) is 0.529. The molecule has 0 heterocycles. The molecule has 0 aromatic heterocycles. The predicted molar refractivity (Wildman–Crippen MR) is 80.6 cm³/mol. The molecule has 2 heteroatoms. The van der Waals surface area contributed by atoms with E-state index in [4.69, 9.17) is 4.74 Å². The molecule has 1 aromatic rings. The number of allylic oxidation sites excluding steroid dienone is 1. The first-order valence-corrected chi connectivity index (χ1v) is 7.44. The van der Waals surface area contributed by atoms with E-state index in [9.17, 15) is 0 Å². The third kappa shape index (κ3) is 3.84. The maximum atomic E-state index is 5.73. The van der Waals surface area contributed by atoms with Crippen molar-refractivity contribution in [2.24, 2.45) is 0 Å². The monoisotopic (exact) mass is 259 g/mol. The minimum Gasteiger partial charge on any atom is -0.494 e. The minimum absolute atomic E-state index is 0.338. The Morgan fingerprint density at radius 1 is 1.32 bits per heavy atom. The lowest BCUT2D eigenvalue weighted by Crippen LogP contribution is -2.19. The summed E-state index contributed by atoms with van der Waals surface area (Å²) in [6.07, 6.45) is 8.54. The van der Waals surface area contributed by atoms with Gasteiger partial charge in [0.15, 0.2) is 0 Å². The maximum Gasteiger partial charge on any atom is 0.119 e. The molecule has 1 N–H and O–H groups in total. The summed E-state index contributed by atoms with van der Waals surface area (Å²) in [6, 6.07) is 8.84. The molecule has 2 nitrogen and oxygen atoms in total. The lowest BCUT2D eigenvalue weighted by atomic mass is 9.90. The highest BCUT2D eigenvalue weighted by Crippen LogP contribution is 2.31. The highest BCUT2D eigenvalue weighted by Gasteiger charge is 2.16. The van der Waals surface area contributed by atoms with Crippen molar-refractivity contribution in [1.82, 2.24) is 5.32 Å². The zero-order valence-electron chi connectivity index (χ0n) is 12.1.